The fourth-order valence-corrected chi connectivity index (χ4v) is 2.18. The highest BCUT2D eigenvalue weighted by Gasteiger charge is 2.35. The van der Waals surface area contributed by atoms with Gasteiger partial charge in [0.1, 0.15) is 0 Å². The summed E-state index contributed by atoms with van der Waals surface area (Å²) in [5, 5.41) is 10.4. The summed E-state index contributed by atoms with van der Waals surface area (Å²) in [6.07, 6.45) is 0.879. The molecule has 1 aromatic rings. The number of amides is 1. The van der Waals surface area contributed by atoms with Crippen LogP contribution < -0.4 is 15.4 Å². The van der Waals surface area contributed by atoms with E-state index in [0.29, 0.717) is 12.4 Å². The summed E-state index contributed by atoms with van der Waals surface area (Å²) >= 11 is 0. The van der Waals surface area contributed by atoms with Crippen molar-refractivity contribution < 1.29 is 9.53 Å². The van der Waals surface area contributed by atoms with Crippen LogP contribution >= 0.6 is 0 Å². The summed E-state index contributed by atoms with van der Waals surface area (Å²) in [5.74, 6) is 0.769. The first-order valence-electron chi connectivity index (χ1n) is 6.11. The zero-order chi connectivity index (χ0) is 13.2. The maximum atomic E-state index is 12.1. The van der Waals surface area contributed by atoms with E-state index in [1.54, 1.807) is 11.8 Å². The van der Waals surface area contributed by atoms with E-state index in [4.69, 9.17) is 4.74 Å². The molecule has 1 aliphatic heterocycles. The zero-order valence-corrected chi connectivity index (χ0v) is 11.1. The van der Waals surface area contributed by atoms with Crippen LogP contribution in [0.4, 0.5) is 0 Å². The number of aromatic nitrogens is 2. The molecule has 6 nitrogen and oxygen atoms in total. The van der Waals surface area contributed by atoms with Crippen LogP contribution in [0, 0.1) is 5.41 Å². The Balaban J connectivity index is 1.92. The second-order valence-corrected chi connectivity index (χ2v) is 4.97. The molecular formula is C12H20N4O2. The smallest absolute Gasteiger partial charge is 0.227 e. The van der Waals surface area contributed by atoms with Crippen LogP contribution in [-0.2, 0) is 18.4 Å². The number of carbonyl (C=O) groups excluding carboxylic acids is 1. The van der Waals surface area contributed by atoms with Gasteiger partial charge in [-0.2, -0.15) is 5.10 Å². The Kier molecular flexibility index (Phi) is 3.56. The Bertz CT molecular complexity index is 435. The lowest BCUT2D eigenvalue weighted by Crippen LogP contribution is -2.40. The van der Waals surface area contributed by atoms with Gasteiger partial charge in [-0.15, -0.1) is 0 Å². The quantitative estimate of drug-likeness (QED) is 0.794. The largest absolute Gasteiger partial charge is 0.481 e. The molecule has 0 radical (unpaired) electrons. The van der Waals surface area contributed by atoms with Gasteiger partial charge in [0.15, 0.2) is 0 Å². The van der Waals surface area contributed by atoms with Gasteiger partial charge in [0, 0.05) is 19.7 Å². The first-order valence-corrected chi connectivity index (χ1v) is 6.11. The molecule has 1 amide bonds. The Labute approximate surface area is 107 Å². The van der Waals surface area contributed by atoms with E-state index in [2.05, 4.69) is 15.7 Å². The molecule has 0 spiro atoms. The summed E-state index contributed by atoms with van der Waals surface area (Å²) in [7, 11) is 3.41. The van der Waals surface area contributed by atoms with E-state index in [1.165, 1.54) is 0 Å². The van der Waals surface area contributed by atoms with E-state index in [1.807, 2.05) is 20.0 Å². The topological polar surface area (TPSA) is 68.2 Å². The average molecular weight is 252 g/mol. The summed E-state index contributed by atoms with van der Waals surface area (Å²) in [4.78, 5) is 12.1. The molecular weight excluding hydrogens is 232 g/mol. The van der Waals surface area contributed by atoms with Crippen molar-refractivity contribution in [1.82, 2.24) is 20.4 Å². The zero-order valence-electron chi connectivity index (χ0n) is 11.1. The minimum Gasteiger partial charge on any atom is -0.481 e. The standard InChI is InChI=1S/C12H20N4O2/c1-12(4-5-13-8-12)11(17)14-7-9-6-10(18-3)16(2)15-9/h6,13H,4-5,7-8H2,1-3H3,(H,14,17). The van der Waals surface area contributed by atoms with Gasteiger partial charge in [0.2, 0.25) is 11.8 Å². The fraction of sp³-hybridized carbons (Fsp3) is 0.667. The lowest BCUT2D eigenvalue weighted by atomic mass is 9.89. The van der Waals surface area contributed by atoms with Crippen molar-refractivity contribution in [2.45, 2.75) is 19.9 Å². The minimum absolute atomic E-state index is 0.0807. The number of carbonyl (C=O) groups is 1. The van der Waals surface area contributed by atoms with Gasteiger partial charge in [-0.05, 0) is 19.9 Å². The van der Waals surface area contributed by atoms with Gasteiger partial charge >= 0.3 is 0 Å². The molecule has 1 unspecified atom stereocenters. The Morgan fingerprint density at radius 1 is 1.72 bits per heavy atom. The molecule has 2 N–H and O–H groups in total. The van der Waals surface area contributed by atoms with Crippen molar-refractivity contribution in [2.75, 3.05) is 20.2 Å². The SMILES string of the molecule is COc1cc(CNC(=O)C2(C)CCNC2)nn1C. The fourth-order valence-electron chi connectivity index (χ4n) is 2.18. The number of methoxy groups -OCH3 is 1. The molecule has 6 heteroatoms. The number of ether oxygens (including phenoxy) is 1. The van der Waals surface area contributed by atoms with E-state index >= 15 is 0 Å². The molecule has 18 heavy (non-hydrogen) atoms. The van der Waals surface area contributed by atoms with Gasteiger partial charge in [0.05, 0.1) is 24.8 Å². The molecule has 1 atom stereocenters. The summed E-state index contributed by atoms with van der Waals surface area (Å²) in [6.45, 7) is 4.07. The van der Waals surface area contributed by atoms with Crippen LogP contribution in [0.2, 0.25) is 0 Å². The molecule has 0 aromatic carbocycles. The van der Waals surface area contributed by atoms with E-state index in [-0.39, 0.29) is 11.3 Å². The third kappa shape index (κ3) is 2.48. The highest BCUT2D eigenvalue weighted by Crippen LogP contribution is 2.24. The Hall–Kier alpha value is -1.56. The van der Waals surface area contributed by atoms with E-state index < -0.39 is 0 Å². The summed E-state index contributed by atoms with van der Waals surface area (Å²) < 4.78 is 6.78. The molecule has 100 valence electrons. The lowest BCUT2D eigenvalue weighted by molar-refractivity contribution is -0.129. The molecule has 0 aliphatic carbocycles. The summed E-state index contributed by atoms with van der Waals surface area (Å²) in [5.41, 5.74) is 0.510. The van der Waals surface area contributed by atoms with Crippen molar-refractivity contribution in [1.29, 1.82) is 0 Å². The van der Waals surface area contributed by atoms with Gasteiger partial charge in [-0.25, -0.2) is 4.68 Å². The number of hydrogen-bond acceptors (Lipinski definition) is 4. The maximum Gasteiger partial charge on any atom is 0.227 e. The maximum absolute atomic E-state index is 12.1. The molecule has 2 rings (SSSR count). The summed E-state index contributed by atoms with van der Waals surface area (Å²) in [6, 6.07) is 1.83. The highest BCUT2D eigenvalue weighted by molar-refractivity contribution is 5.82. The van der Waals surface area contributed by atoms with Crippen LogP contribution in [0.1, 0.15) is 19.0 Å². The van der Waals surface area contributed by atoms with E-state index in [9.17, 15) is 4.79 Å². The van der Waals surface area contributed by atoms with E-state index in [0.717, 1.165) is 25.2 Å². The van der Waals surface area contributed by atoms with Gasteiger partial charge in [-0.1, -0.05) is 0 Å². The molecule has 0 bridgehead atoms. The van der Waals surface area contributed by atoms with Crippen molar-refractivity contribution in [3.63, 3.8) is 0 Å². The van der Waals surface area contributed by atoms with Crippen molar-refractivity contribution in [3.8, 4) is 5.88 Å². The third-order valence-corrected chi connectivity index (χ3v) is 3.44. The minimum atomic E-state index is -0.293. The normalized spacial score (nSPS) is 23.1. The van der Waals surface area contributed by atoms with Crippen molar-refractivity contribution in [3.05, 3.63) is 11.8 Å². The number of nitrogens with one attached hydrogen (secondary N) is 2. The monoisotopic (exact) mass is 252 g/mol. The van der Waals surface area contributed by atoms with Crippen LogP contribution in [0.5, 0.6) is 5.88 Å². The number of nitrogens with zero attached hydrogens (tertiary/aromatic N) is 2. The van der Waals surface area contributed by atoms with Gasteiger partial charge in [-0.3, -0.25) is 4.79 Å². The highest BCUT2D eigenvalue weighted by atomic mass is 16.5. The predicted molar refractivity (Wildman–Crippen MR) is 67.2 cm³/mol. The van der Waals surface area contributed by atoms with Crippen LogP contribution in [-0.4, -0.2) is 35.9 Å². The third-order valence-electron chi connectivity index (χ3n) is 3.44. The Morgan fingerprint density at radius 2 is 2.50 bits per heavy atom. The van der Waals surface area contributed by atoms with Crippen molar-refractivity contribution >= 4 is 5.91 Å². The molecule has 0 saturated carbocycles. The average Bonchev–Trinajstić information content (AvgIpc) is 2.93. The first kappa shape index (κ1) is 12.9. The molecule has 1 aliphatic rings. The van der Waals surface area contributed by atoms with Gasteiger partial charge in [0.25, 0.3) is 0 Å². The van der Waals surface area contributed by atoms with Crippen LogP contribution in [0.25, 0.3) is 0 Å². The Morgan fingerprint density at radius 3 is 3.06 bits per heavy atom. The molecule has 1 aromatic heterocycles. The molecule has 1 saturated heterocycles. The second-order valence-electron chi connectivity index (χ2n) is 4.97. The second kappa shape index (κ2) is 4.97. The first-order chi connectivity index (χ1) is 8.55. The number of hydrogen-bond donors (Lipinski definition) is 2. The number of rotatable bonds is 4. The lowest BCUT2D eigenvalue weighted by Gasteiger charge is -2.20. The molecule has 2 heterocycles. The van der Waals surface area contributed by atoms with Crippen molar-refractivity contribution in [2.24, 2.45) is 12.5 Å². The molecule has 1 fully saturated rings. The van der Waals surface area contributed by atoms with Gasteiger partial charge < -0.3 is 15.4 Å². The van der Waals surface area contributed by atoms with Crippen LogP contribution in [0.15, 0.2) is 6.07 Å². The number of aryl methyl sites for hydroxylation is 1. The predicted octanol–water partition coefficient (Wildman–Crippen LogP) is 0.0445. The van der Waals surface area contributed by atoms with Crippen LogP contribution in [0.3, 0.4) is 0 Å².